The maximum atomic E-state index is 15.2. The third kappa shape index (κ3) is 5.33. The Bertz CT molecular complexity index is 1580. The van der Waals surface area contributed by atoms with Gasteiger partial charge in [0.05, 0.1) is 16.3 Å². The van der Waals surface area contributed by atoms with Gasteiger partial charge in [0.1, 0.15) is 27.2 Å². The molecule has 220 valence electrons. The molecule has 41 heavy (non-hydrogen) atoms. The maximum Gasteiger partial charge on any atom is 0.416 e. The van der Waals surface area contributed by atoms with Gasteiger partial charge >= 0.3 is 6.18 Å². The van der Waals surface area contributed by atoms with Crippen LogP contribution >= 0.6 is 34.8 Å². The molecule has 5 rings (SSSR count). The van der Waals surface area contributed by atoms with Gasteiger partial charge in [0.15, 0.2) is 0 Å². The molecule has 2 saturated carbocycles. The average Bonchev–Trinajstić information content (AvgIpc) is 3.39. The molecular formula is C26H24Cl3F4N5O2S. The van der Waals surface area contributed by atoms with Crippen LogP contribution in [0.25, 0.3) is 0 Å². The Balaban J connectivity index is 1.43. The van der Waals surface area contributed by atoms with Crippen molar-refractivity contribution in [1.82, 2.24) is 14.9 Å². The van der Waals surface area contributed by atoms with Gasteiger partial charge in [0, 0.05) is 29.6 Å². The molecule has 0 amide bonds. The number of benzene rings is 2. The van der Waals surface area contributed by atoms with E-state index in [1.54, 1.807) is 6.07 Å². The molecule has 1 aromatic heterocycles. The van der Waals surface area contributed by atoms with E-state index in [0.29, 0.717) is 18.4 Å². The van der Waals surface area contributed by atoms with Crippen LogP contribution in [-0.2, 0) is 21.6 Å². The first kappa shape index (κ1) is 30.1. The number of nitrogens with zero attached hydrogens (tertiary/aromatic N) is 3. The number of anilines is 2. The molecule has 0 radical (unpaired) electrons. The van der Waals surface area contributed by atoms with Crippen LogP contribution in [0.4, 0.5) is 29.1 Å². The van der Waals surface area contributed by atoms with Crippen molar-refractivity contribution in [2.75, 3.05) is 24.1 Å². The molecule has 0 aliphatic heterocycles. The Morgan fingerprint density at radius 2 is 1.85 bits per heavy atom. The van der Waals surface area contributed by atoms with E-state index in [1.807, 2.05) is 19.0 Å². The first-order chi connectivity index (χ1) is 19.1. The normalized spacial score (nSPS) is 25.5. The van der Waals surface area contributed by atoms with E-state index in [1.165, 1.54) is 18.3 Å². The Morgan fingerprint density at radius 3 is 2.49 bits per heavy atom. The van der Waals surface area contributed by atoms with Crippen molar-refractivity contribution < 1.29 is 26.0 Å². The van der Waals surface area contributed by atoms with E-state index in [2.05, 4.69) is 20.0 Å². The minimum absolute atomic E-state index is 0.0481. The van der Waals surface area contributed by atoms with Crippen LogP contribution in [0.1, 0.15) is 24.0 Å². The zero-order valence-electron chi connectivity index (χ0n) is 21.6. The number of likely N-dealkylation sites (N-methyl/N-ethyl adjacent to an activating group) is 1. The number of rotatable bonds is 7. The first-order valence-electron chi connectivity index (χ1n) is 12.3. The van der Waals surface area contributed by atoms with Crippen molar-refractivity contribution in [1.29, 1.82) is 0 Å². The van der Waals surface area contributed by atoms with E-state index in [-0.39, 0.29) is 22.6 Å². The van der Waals surface area contributed by atoms with Gasteiger partial charge in [-0.15, -0.1) is 23.2 Å². The molecule has 0 spiro atoms. The van der Waals surface area contributed by atoms with Crippen LogP contribution in [-0.4, -0.2) is 53.8 Å². The Morgan fingerprint density at radius 1 is 1.12 bits per heavy atom. The second-order valence-electron chi connectivity index (χ2n) is 10.4. The lowest BCUT2D eigenvalue weighted by Crippen LogP contribution is -2.49. The van der Waals surface area contributed by atoms with Gasteiger partial charge in [0.25, 0.3) is 10.0 Å². The monoisotopic (exact) mass is 651 g/mol. The molecule has 15 heteroatoms. The van der Waals surface area contributed by atoms with Gasteiger partial charge in [-0.3, -0.25) is 4.72 Å². The molecule has 2 aliphatic carbocycles. The van der Waals surface area contributed by atoms with Crippen molar-refractivity contribution in [3.05, 3.63) is 77.0 Å². The molecule has 0 saturated heterocycles. The summed E-state index contributed by atoms with van der Waals surface area (Å²) in [7, 11) is -0.745. The lowest BCUT2D eigenvalue weighted by molar-refractivity contribution is -0.137. The smallest absolute Gasteiger partial charge is 0.379 e. The average molecular weight is 653 g/mol. The summed E-state index contributed by atoms with van der Waals surface area (Å²) in [5.41, 5.74) is -1.16. The van der Waals surface area contributed by atoms with Crippen molar-refractivity contribution in [3.8, 4) is 0 Å². The van der Waals surface area contributed by atoms with Crippen LogP contribution < -0.4 is 10.0 Å². The molecule has 4 atom stereocenters. The highest BCUT2D eigenvalue weighted by Gasteiger charge is 2.78. The largest absolute Gasteiger partial charge is 0.416 e. The van der Waals surface area contributed by atoms with Gasteiger partial charge < -0.3 is 10.2 Å². The van der Waals surface area contributed by atoms with E-state index in [0.717, 1.165) is 30.6 Å². The molecular weight excluding hydrogens is 629 g/mol. The summed E-state index contributed by atoms with van der Waals surface area (Å²) in [4.78, 5) is 8.69. The topological polar surface area (TPSA) is 87.2 Å². The fourth-order valence-corrected chi connectivity index (χ4v) is 8.27. The molecule has 2 aliphatic rings. The lowest BCUT2D eigenvalue weighted by atomic mass is 9.77. The Kier molecular flexibility index (Phi) is 7.64. The second-order valence-corrected chi connectivity index (χ2v) is 13.9. The highest BCUT2D eigenvalue weighted by molar-refractivity contribution is 7.92. The number of alkyl halides is 5. The van der Waals surface area contributed by atoms with Crippen LogP contribution in [0.15, 0.2) is 59.9 Å². The van der Waals surface area contributed by atoms with Gasteiger partial charge in [-0.25, -0.2) is 22.8 Å². The molecule has 7 nitrogen and oxygen atoms in total. The molecule has 0 bridgehead atoms. The highest BCUT2D eigenvalue weighted by Crippen LogP contribution is 2.75. The molecule has 2 aromatic carbocycles. The quantitative estimate of drug-likeness (QED) is 0.229. The predicted molar refractivity (Wildman–Crippen MR) is 149 cm³/mol. The summed E-state index contributed by atoms with van der Waals surface area (Å²) in [6.07, 6.45) is -1.42. The van der Waals surface area contributed by atoms with Crippen molar-refractivity contribution in [3.63, 3.8) is 0 Å². The minimum Gasteiger partial charge on any atom is -0.379 e. The molecule has 2 N–H and O–H groups in total. The summed E-state index contributed by atoms with van der Waals surface area (Å²) in [6, 6.07) is 7.64. The van der Waals surface area contributed by atoms with Gasteiger partial charge in [-0.05, 0) is 56.8 Å². The van der Waals surface area contributed by atoms with Gasteiger partial charge in [-0.2, -0.15) is 13.2 Å². The zero-order chi connectivity index (χ0) is 30.0. The van der Waals surface area contributed by atoms with Gasteiger partial charge in [-0.1, -0.05) is 29.8 Å². The number of sulfonamides is 1. The predicted octanol–water partition coefficient (Wildman–Crippen LogP) is 6.33. The first-order valence-corrected chi connectivity index (χ1v) is 15.0. The van der Waals surface area contributed by atoms with E-state index >= 15 is 4.39 Å². The number of aromatic nitrogens is 2. The zero-order valence-corrected chi connectivity index (χ0v) is 24.6. The van der Waals surface area contributed by atoms with Crippen molar-refractivity contribution >= 4 is 56.3 Å². The van der Waals surface area contributed by atoms with Crippen LogP contribution in [0.3, 0.4) is 0 Å². The van der Waals surface area contributed by atoms with E-state index < -0.39 is 54.2 Å². The van der Waals surface area contributed by atoms with Crippen LogP contribution in [0.5, 0.6) is 0 Å². The van der Waals surface area contributed by atoms with E-state index in [4.69, 9.17) is 34.8 Å². The summed E-state index contributed by atoms with van der Waals surface area (Å²) < 4.78 is 82.1. The third-order valence-corrected chi connectivity index (χ3v) is 10.8. The van der Waals surface area contributed by atoms with Crippen molar-refractivity contribution in [2.24, 2.45) is 5.92 Å². The molecule has 2 fully saturated rings. The lowest BCUT2D eigenvalue weighted by Gasteiger charge is -2.40. The summed E-state index contributed by atoms with van der Waals surface area (Å²) >= 11 is 20.0. The number of hydrogen-bond acceptors (Lipinski definition) is 6. The molecule has 1 heterocycles. The second kappa shape index (κ2) is 10.4. The number of fused-ring (bicyclic) bond motifs is 1. The molecule has 1 unspecified atom stereocenters. The number of hydrogen-bond donors (Lipinski definition) is 2. The number of halogens is 7. The summed E-state index contributed by atoms with van der Waals surface area (Å²) in [5, 5.41) is 3.15. The maximum absolute atomic E-state index is 15.2. The number of nitrogens with one attached hydrogen (secondary N) is 2. The standard InChI is InChI=1S/C26H24Cl3F4N5O2S/c1-38(2)20-12-24(14-4-3-5-15(8-14)26(31,32)33)22(25(24,28)29)11-19(20)36-18-10-17(30)21(9-16(18)27)41(39,40)37-23-6-7-34-13-35-23/h3-10,13,19-20,22,36H,11-12H2,1-2H3,(H,34,35,37)/t19-,20-,22?,24+/m1/s1. The third-order valence-electron chi connectivity index (χ3n) is 7.87. The fourth-order valence-electron chi connectivity index (χ4n) is 5.81. The summed E-state index contributed by atoms with van der Waals surface area (Å²) in [6.45, 7) is 0. The SMILES string of the molecule is CN(C)[C@@H]1C[C@]2(c3cccc(C(F)(F)F)c3)C(C[C@H]1Nc1cc(F)c(S(=O)(=O)Nc3ccncn3)cc1Cl)C2(Cl)Cl. The minimum atomic E-state index is -4.52. The van der Waals surface area contributed by atoms with Crippen molar-refractivity contribution in [2.45, 2.75) is 45.7 Å². The Labute approximate surface area is 249 Å². The highest BCUT2D eigenvalue weighted by atomic mass is 35.5. The summed E-state index contributed by atoms with van der Waals surface area (Å²) in [5.74, 6) is -1.51. The molecule has 3 aromatic rings. The van der Waals surface area contributed by atoms with Crippen LogP contribution in [0, 0.1) is 11.7 Å². The fraction of sp³-hybridized carbons (Fsp3) is 0.385. The Hall–Kier alpha value is -2.38. The van der Waals surface area contributed by atoms with E-state index in [9.17, 15) is 21.6 Å². The van der Waals surface area contributed by atoms with Gasteiger partial charge in [0.2, 0.25) is 0 Å². The van der Waals surface area contributed by atoms with Crippen LogP contribution in [0.2, 0.25) is 5.02 Å².